The second kappa shape index (κ2) is 6.21. The maximum atomic E-state index is 12.2. The van der Waals surface area contributed by atoms with Crippen molar-refractivity contribution in [1.82, 2.24) is 10.2 Å². The molecule has 0 bridgehead atoms. The van der Waals surface area contributed by atoms with E-state index in [0.717, 1.165) is 12.9 Å². The highest BCUT2D eigenvalue weighted by molar-refractivity contribution is 14.1. The van der Waals surface area contributed by atoms with Crippen LogP contribution in [0.15, 0.2) is 22.7 Å². The van der Waals surface area contributed by atoms with Crippen molar-refractivity contribution in [1.29, 1.82) is 0 Å². The monoisotopic (exact) mass is 450 g/mol. The van der Waals surface area contributed by atoms with Crippen LogP contribution in [0.2, 0.25) is 0 Å². The summed E-state index contributed by atoms with van der Waals surface area (Å²) in [6, 6.07) is 4.73. The van der Waals surface area contributed by atoms with E-state index in [1.807, 2.05) is 12.1 Å². The van der Waals surface area contributed by atoms with Crippen LogP contribution in [0, 0.1) is 3.57 Å². The van der Waals surface area contributed by atoms with Crippen molar-refractivity contribution in [2.45, 2.75) is 18.9 Å². The molecule has 1 aromatic carbocycles. The van der Waals surface area contributed by atoms with Gasteiger partial charge < -0.3 is 5.32 Å². The number of hydrogen-bond acceptors (Lipinski definition) is 3. The Morgan fingerprint density at radius 3 is 2.85 bits per heavy atom. The molecule has 0 spiro atoms. The summed E-state index contributed by atoms with van der Waals surface area (Å²) in [7, 11) is 1.44. The predicted molar refractivity (Wildman–Crippen MR) is 85.1 cm³/mol. The second-order valence-corrected chi connectivity index (χ2v) is 6.56. The fourth-order valence-corrected chi connectivity index (χ4v) is 2.90. The molecule has 1 saturated heterocycles. The van der Waals surface area contributed by atoms with Gasteiger partial charge in [-0.05, 0) is 47.2 Å². The third kappa shape index (κ3) is 3.20. The van der Waals surface area contributed by atoms with Gasteiger partial charge in [0, 0.05) is 21.5 Å². The van der Waals surface area contributed by atoms with E-state index in [9.17, 15) is 14.4 Å². The standard InChI is InChI=1S/C13H12BrIN2O3/c1-17-11(18)5-4-10(13(17)20)16-12(19)8-6-7(14)2-3-9(8)15/h2-3,6,10H,4-5H2,1H3,(H,16,19). The molecule has 106 valence electrons. The number of piperidine rings is 1. The number of likely N-dealkylation sites (N-methyl/N-ethyl adjacent to an activating group) is 1. The highest BCUT2D eigenvalue weighted by atomic mass is 127. The molecule has 0 aliphatic carbocycles. The molecular weight excluding hydrogens is 439 g/mol. The topological polar surface area (TPSA) is 66.5 Å². The summed E-state index contributed by atoms with van der Waals surface area (Å²) in [5, 5.41) is 2.70. The van der Waals surface area contributed by atoms with Crippen molar-refractivity contribution >= 4 is 56.2 Å². The summed E-state index contributed by atoms with van der Waals surface area (Å²) in [4.78, 5) is 36.6. The molecule has 1 fully saturated rings. The first-order chi connectivity index (χ1) is 9.40. The number of carbonyl (C=O) groups is 3. The molecule has 5 nitrogen and oxygen atoms in total. The van der Waals surface area contributed by atoms with Gasteiger partial charge in [-0.25, -0.2) is 0 Å². The molecule has 1 unspecified atom stereocenters. The van der Waals surface area contributed by atoms with E-state index in [1.165, 1.54) is 7.05 Å². The summed E-state index contributed by atoms with van der Waals surface area (Å²) in [5.41, 5.74) is 0.507. The first-order valence-corrected chi connectivity index (χ1v) is 7.83. The van der Waals surface area contributed by atoms with Gasteiger partial charge in [-0.15, -0.1) is 0 Å². The Hall–Kier alpha value is -0.960. The molecule has 0 aromatic heterocycles. The molecule has 1 aliphatic rings. The van der Waals surface area contributed by atoms with Gasteiger partial charge in [-0.1, -0.05) is 15.9 Å². The lowest BCUT2D eigenvalue weighted by molar-refractivity contribution is -0.147. The largest absolute Gasteiger partial charge is 0.340 e. The molecular formula is C13H12BrIN2O3. The van der Waals surface area contributed by atoms with E-state index >= 15 is 0 Å². The Morgan fingerprint density at radius 2 is 2.15 bits per heavy atom. The molecule has 1 aliphatic heterocycles. The number of imide groups is 1. The number of hydrogen-bond donors (Lipinski definition) is 1. The molecule has 7 heteroatoms. The van der Waals surface area contributed by atoms with Crippen LogP contribution in [-0.2, 0) is 9.59 Å². The lowest BCUT2D eigenvalue weighted by atomic mass is 10.0. The van der Waals surface area contributed by atoms with Gasteiger partial charge in [0.05, 0.1) is 5.56 Å². The number of halogens is 2. The van der Waals surface area contributed by atoms with Crippen LogP contribution in [0.5, 0.6) is 0 Å². The number of likely N-dealkylation sites (tertiary alicyclic amines) is 1. The SMILES string of the molecule is CN1C(=O)CCC(NC(=O)c2cc(Br)ccc2I)C1=O. The predicted octanol–water partition coefficient (Wildman–Crippen LogP) is 1.93. The minimum atomic E-state index is -0.639. The van der Waals surface area contributed by atoms with Crippen LogP contribution >= 0.6 is 38.5 Å². The quantitative estimate of drug-likeness (QED) is 0.553. The van der Waals surface area contributed by atoms with Gasteiger partial charge in [0.2, 0.25) is 5.91 Å². The molecule has 3 amide bonds. The fraction of sp³-hybridized carbons (Fsp3) is 0.308. The number of carbonyl (C=O) groups excluding carboxylic acids is 3. The van der Waals surface area contributed by atoms with Crippen LogP contribution in [0.3, 0.4) is 0 Å². The van der Waals surface area contributed by atoms with Gasteiger partial charge in [0.15, 0.2) is 0 Å². The number of nitrogens with zero attached hydrogens (tertiary/aromatic N) is 1. The number of nitrogens with one attached hydrogen (secondary N) is 1. The normalized spacial score (nSPS) is 19.1. The van der Waals surface area contributed by atoms with Crippen molar-refractivity contribution in [3.05, 3.63) is 31.8 Å². The highest BCUT2D eigenvalue weighted by Gasteiger charge is 2.33. The molecule has 1 aromatic rings. The Balaban J connectivity index is 2.14. The first kappa shape index (κ1) is 15.4. The average Bonchev–Trinajstić information content (AvgIpc) is 2.42. The van der Waals surface area contributed by atoms with E-state index in [2.05, 4.69) is 43.8 Å². The number of benzene rings is 1. The van der Waals surface area contributed by atoms with Crippen molar-refractivity contribution < 1.29 is 14.4 Å². The van der Waals surface area contributed by atoms with Crippen LogP contribution in [0.1, 0.15) is 23.2 Å². The van der Waals surface area contributed by atoms with Gasteiger partial charge in [-0.2, -0.15) is 0 Å². The third-order valence-corrected chi connectivity index (χ3v) is 4.56. The van der Waals surface area contributed by atoms with Crippen molar-refractivity contribution in [3.8, 4) is 0 Å². The molecule has 2 rings (SSSR count). The zero-order valence-corrected chi connectivity index (χ0v) is 14.4. The van der Waals surface area contributed by atoms with E-state index in [-0.39, 0.29) is 24.1 Å². The minimum absolute atomic E-state index is 0.211. The lowest BCUT2D eigenvalue weighted by Crippen LogP contribution is -2.53. The van der Waals surface area contributed by atoms with Gasteiger partial charge in [0.25, 0.3) is 11.8 Å². The second-order valence-electron chi connectivity index (χ2n) is 4.48. The third-order valence-electron chi connectivity index (χ3n) is 3.13. The Bertz CT molecular complexity index is 591. The maximum absolute atomic E-state index is 12.2. The molecule has 0 radical (unpaired) electrons. The average molecular weight is 451 g/mol. The summed E-state index contributed by atoms with van der Waals surface area (Å²) in [6.45, 7) is 0. The summed E-state index contributed by atoms with van der Waals surface area (Å²) >= 11 is 5.38. The Morgan fingerprint density at radius 1 is 1.45 bits per heavy atom. The minimum Gasteiger partial charge on any atom is -0.340 e. The lowest BCUT2D eigenvalue weighted by Gasteiger charge is -2.28. The van der Waals surface area contributed by atoms with Gasteiger partial charge >= 0.3 is 0 Å². The van der Waals surface area contributed by atoms with E-state index in [4.69, 9.17) is 0 Å². The molecule has 1 atom stereocenters. The van der Waals surface area contributed by atoms with Crippen molar-refractivity contribution in [2.24, 2.45) is 0 Å². The first-order valence-electron chi connectivity index (χ1n) is 5.96. The summed E-state index contributed by atoms with van der Waals surface area (Å²) in [6.07, 6.45) is 0.612. The zero-order valence-electron chi connectivity index (χ0n) is 10.7. The molecule has 20 heavy (non-hydrogen) atoms. The highest BCUT2D eigenvalue weighted by Crippen LogP contribution is 2.19. The van der Waals surface area contributed by atoms with E-state index < -0.39 is 6.04 Å². The maximum Gasteiger partial charge on any atom is 0.253 e. The van der Waals surface area contributed by atoms with Crippen LogP contribution < -0.4 is 5.32 Å². The van der Waals surface area contributed by atoms with Crippen LogP contribution in [0.4, 0.5) is 0 Å². The molecule has 1 heterocycles. The number of amides is 3. The Kier molecular flexibility index (Phi) is 4.79. The van der Waals surface area contributed by atoms with E-state index in [0.29, 0.717) is 12.0 Å². The zero-order chi connectivity index (χ0) is 14.9. The van der Waals surface area contributed by atoms with Crippen LogP contribution in [-0.4, -0.2) is 35.7 Å². The van der Waals surface area contributed by atoms with Gasteiger partial charge in [0.1, 0.15) is 6.04 Å². The summed E-state index contributed by atoms with van der Waals surface area (Å²) < 4.78 is 1.60. The fourth-order valence-electron chi connectivity index (χ4n) is 1.96. The van der Waals surface area contributed by atoms with E-state index in [1.54, 1.807) is 6.07 Å². The summed E-state index contributed by atoms with van der Waals surface area (Å²) in [5.74, 6) is -0.881. The van der Waals surface area contributed by atoms with Crippen molar-refractivity contribution in [2.75, 3.05) is 7.05 Å². The molecule has 0 saturated carbocycles. The molecule has 1 N–H and O–H groups in total. The van der Waals surface area contributed by atoms with Gasteiger partial charge in [-0.3, -0.25) is 19.3 Å². The van der Waals surface area contributed by atoms with Crippen molar-refractivity contribution in [3.63, 3.8) is 0 Å². The smallest absolute Gasteiger partial charge is 0.253 e. The number of rotatable bonds is 2. The van der Waals surface area contributed by atoms with Crippen LogP contribution in [0.25, 0.3) is 0 Å². The Labute approximate surface area is 138 Å².